The zero-order chi connectivity index (χ0) is 21.6. The Morgan fingerprint density at radius 3 is 2.77 bits per heavy atom. The van der Waals surface area contributed by atoms with E-state index < -0.39 is 0 Å². The molecule has 0 aliphatic rings. The molecule has 0 bridgehead atoms. The smallest absolute Gasteiger partial charge is 0.229 e. The fraction of sp³-hybridized carbons (Fsp3) is 0.174. The first-order chi connectivity index (χ1) is 15.1. The number of halogens is 2. The second kappa shape index (κ2) is 10.6. The molecule has 4 nitrogen and oxygen atoms in total. The Balaban J connectivity index is 1.46. The molecule has 2 heterocycles. The molecular weight excluding hydrogens is 514 g/mol. The molecule has 0 spiro atoms. The summed E-state index contributed by atoms with van der Waals surface area (Å²) in [5, 5.41) is 1.45. The average molecular weight is 533 g/mol. The highest BCUT2D eigenvalue weighted by molar-refractivity contribution is 9.10. The zero-order valence-corrected chi connectivity index (χ0v) is 20.5. The summed E-state index contributed by atoms with van der Waals surface area (Å²) in [5.74, 6) is 0.930. The number of amides is 1. The van der Waals surface area contributed by atoms with E-state index in [1.165, 1.54) is 11.3 Å². The Labute approximate surface area is 202 Å². The van der Waals surface area contributed by atoms with E-state index in [2.05, 4.69) is 20.9 Å². The Morgan fingerprint density at radius 1 is 1.16 bits per heavy atom. The number of carbonyl (C=O) groups is 1. The number of fused-ring (bicyclic) bond motifs is 1. The van der Waals surface area contributed by atoms with Gasteiger partial charge in [-0.05, 0) is 66.3 Å². The van der Waals surface area contributed by atoms with Crippen LogP contribution in [0.3, 0.4) is 0 Å². The minimum Gasteiger partial charge on any atom is -0.284 e. The SMILES string of the molecule is O=C(CCCSc1ccc(Cl)cc1)N(Cc1cccnc1)c1nc2ccc(Br)cc2s1. The van der Waals surface area contributed by atoms with Gasteiger partial charge in [-0.2, -0.15) is 0 Å². The molecule has 0 unspecified atom stereocenters. The summed E-state index contributed by atoms with van der Waals surface area (Å²) in [6.45, 7) is 0.456. The van der Waals surface area contributed by atoms with Crippen LogP contribution >= 0.6 is 50.6 Å². The largest absolute Gasteiger partial charge is 0.284 e. The molecule has 0 N–H and O–H groups in total. The van der Waals surface area contributed by atoms with Crippen LogP contribution in [-0.2, 0) is 11.3 Å². The number of rotatable bonds is 8. The Hall–Kier alpha value is -1.93. The summed E-state index contributed by atoms with van der Waals surface area (Å²) in [6, 6.07) is 17.6. The number of thiazole rings is 1. The number of aromatic nitrogens is 2. The van der Waals surface area contributed by atoms with Crippen LogP contribution in [0.4, 0.5) is 5.13 Å². The van der Waals surface area contributed by atoms with Crippen molar-refractivity contribution < 1.29 is 4.79 Å². The number of pyridine rings is 1. The van der Waals surface area contributed by atoms with Crippen LogP contribution in [0.25, 0.3) is 10.2 Å². The highest BCUT2D eigenvalue weighted by Gasteiger charge is 2.20. The van der Waals surface area contributed by atoms with Crippen molar-refractivity contribution in [3.63, 3.8) is 0 Å². The van der Waals surface area contributed by atoms with E-state index in [0.29, 0.717) is 18.1 Å². The van der Waals surface area contributed by atoms with Crippen LogP contribution in [0.15, 0.2) is 76.4 Å². The topological polar surface area (TPSA) is 46.1 Å². The molecule has 0 saturated heterocycles. The Kier molecular flexibility index (Phi) is 7.61. The van der Waals surface area contributed by atoms with Gasteiger partial charge in [0.25, 0.3) is 0 Å². The second-order valence-corrected chi connectivity index (χ2v) is 10.4. The van der Waals surface area contributed by atoms with Gasteiger partial charge in [-0.15, -0.1) is 11.8 Å². The lowest BCUT2D eigenvalue weighted by atomic mass is 10.2. The van der Waals surface area contributed by atoms with Gasteiger partial charge in [0.1, 0.15) is 0 Å². The predicted molar refractivity (Wildman–Crippen MR) is 134 cm³/mol. The molecule has 31 heavy (non-hydrogen) atoms. The predicted octanol–water partition coefficient (Wildman–Crippen LogP) is 7.21. The third kappa shape index (κ3) is 6.07. The zero-order valence-electron chi connectivity index (χ0n) is 16.5. The maximum absolute atomic E-state index is 13.2. The van der Waals surface area contributed by atoms with Gasteiger partial charge in [0.15, 0.2) is 5.13 Å². The Morgan fingerprint density at radius 2 is 2.00 bits per heavy atom. The van der Waals surface area contributed by atoms with Gasteiger partial charge in [-0.1, -0.05) is 44.9 Å². The third-order valence-corrected chi connectivity index (χ3v) is 7.44. The van der Waals surface area contributed by atoms with Crippen LogP contribution in [0, 0.1) is 0 Å². The van der Waals surface area contributed by atoms with E-state index in [9.17, 15) is 4.79 Å². The summed E-state index contributed by atoms with van der Waals surface area (Å²) in [6.07, 6.45) is 4.77. The fourth-order valence-corrected chi connectivity index (χ4v) is 5.53. The molecule has 2 aromatic carbocycles. The first-order valence-electron chi connectivity index (χ1n) is 9.72. The number of benzene rings is 2. The lowest BCUT2D eigenvalue weighted by Crippen LogP contribution is -2.30. The van der Waals surface area contributed by atoms with E-state index in [1.807, 2.05) is 54.6 Å². The highest BCUT2D eigenvalue weighted by atomic mass is 79.9. The van der Waals surface area contributed by atoms with E-state index in [0.717, 1.165) is 42.3 Å². The lowest BCUT2D eigenvalue weighted by Gasteiger charge is -2.20. The van der Waals surface area contributed by atoms with Crippen molar-refractivity contribution in [2.45, 2.75) is 24.3 Å². The van der Waals surface area contributed by atoms with Gasteiger partial charge in [0.2, 0.25) is 5.91 Å². The van der Waals surface area contributed by atoms with E-state index >= 15 is 0 Å². The highest BCUT2D eigenvalue weighted by Crippen LogP contribution is 2.32. The molecule has 4 rings (SSSR count). The quantitative estimate of drug-likeness (QED) is 0.178. The molecule has 2 aromatic heterocycles. The summed E-state index contributed by atoms with van der Waals surface area (Å²) < 4.78 is 2.05. The summed E-state index contributed by atoms with van der Waals surface area (Å²) in [4.78, 5) is 25.0. The molecule has 4 aromatic rings. The van der Waals surface area contributed by atoms with Crippen LogP contribution < -0.4 is 4.90 Å². The third-order valence-electron chi connectivity index (χ3n) is 4.55. The van der Waals surface area contributed by atoms with Gasteiger partial charge >= 0.3 is 0 Å². The number of thioether (sulfide) groups is 1. The maximum atomic E-state index is 13.2. The van der Waals surface area contributed by atoms with Crippen LogP contribution in [0.1, 0.15) is 18.4 Å². The molecular formula is C23H19BrClN3OS2. The van der Waals surface area contributed by atoms with Crippen molar-refractivity contribution in [2.24, 2.45) is 0 Å². The van der Waals surface area contributed by atoms with Gasteiger partial charge in [-0.25, -0.2) is 4.98 Å². The second-order valence-electron chi connectivity index (χ2n) is 6.86. The molecule has 158 valence electrons. The first kappa shape index (κ1) is 22.3. The minimum atomic E-state index is 0.0682. The standard InChI is InChI=1S/C23H19BrClN3OS2/c24-17-5-10-20-21(13-17)31-23(27-20)28(15-16-3-1-11-26-14-16)22(29)4-2-12-30-19-8-6-18(25)7-9-19/h1,3,5-11,13-14H,2,4,12,15H2. The van der Waals surface area contributed by atoms with Crippen LogP contribution in [0.5, 0.6) is 0 Å². The first-order valence-corrected chi connectivity index (χ1v) is 12.7. The lowest BCUT2D eigenvalue weighted by molar-refractivity contribution is -0.118. The van der Waals surface area contributed by atoms with Crippen molar-refractivity contribution in [1.29, 1.82) is 0 Å². The van der Waals surface area contributed by atoms with E-state index in [-0.39, 0.29) is 5.91 Å². The van der Waals surface area contributed by atoms with Gasteiger partial charge in [0, 0.05) is 33.2 Å². The molecule has 0 radical (unpaired) electrons. The van der Waals surface area contributed by atoms with E-state index in [1.54, 1.807) is 29.1 Å². The van der Waals surface area contributed by atoms with Crippen molar-refractivity contribution in [1.82, 2.24) is 9.97 Å². The number of carbonyl (C=O) groups excluding carboxylic acids is 1. The Bertz CT molecular complexity index is 1170. The summed E-state index contributed by atoms with van der Waals surface area (Å²) in [7, 11) is 0. The summed E-state index contributed by atoms with van der Waals surface area (Å²) >= 11 is 12.7. The normalized spacial score (nSPS) is 11.0. The number of hydrogen-bond donors (Lipinski definition) is 0. The van der Waals surface area contributed by atoms with Crippen molar-refractivity contribution >= 4 is 71.9 Å². The van der Waals surface area contributed by atoms with Crippen molar-refractivity contribution in [3.05, 3.63) is 82.0 Å². The molecule has 1 amide bonds. The molecule has 8 heteroatoms. The molecule has 0 aliphatic heterocycles. The van der Waals surface area contributed by atoms with Crippen LogP contribution in [0.2, 0.25) is 5.02 Å². The average Bonchev–Trinajstić information content (AvgIpc) is 3.19. The molecule has 0 aliphatic carbocycles. The monoisotopic (exact) mass is 531 g/mol. The van der Waals surface area contributed by atoms with Crippen molar-refractivity contribution in [3.8, 4) is 0 Å². The van der Waals surface area contributed by atoms with Gasteiger partial charge in [-0.3, -0.25) is 14.7 Å². The van der Waals surface area contributed by atoms with Crippen molar-refractivity contribution in [2.75, 3.05) is 10.7 Å². The van der Waals surface area contributed by atoms with Crippen LogP contribution in [-0.4, -0.2) is 21.6 Å². The minimum absolute atomic E-state index is 0.0682. The molecule has 0 saturated carbocycles. The maximum Gasteiger partial charge on any atom is 0.229 e. The van der Waals surface area contributed by atoms with E-state index in [4.69, 9.17) is 16.6 Å². The molecule has 0 fully saturated rings. The molecule has 0 atom stereocenters. The fourth-order valence-electron chi connectivity index (χ4n) is 3.02. The van der Waals surface area contributed by atoms with Gasteiger partial charge < -0.3 is 0 Å². The number of anilines is 1. The number of hydrogen-bond acceptors (Lipinski definition) is 5. The van der Waals surface area contributed by atoms with Gasteiger partial charge in [0.05, 0.1) is 16.8 Å². The number of nitrogens with zero attached hydrogens (tertiary/aromatic N) is 3. The summed E-state index contributed by atoms with van der Waals surface area (Å²) in [5.41, 5.74) is 1.87.